The van der Waals surface area contributed by atoms with Crippen molar-refractivity contribution < 1.29 is 4.74 Å². The summed E-state index contributed by atoms with van der Waals surface area (Å²) in [6.07, 6.45) is 0. The largest absolute Gasteiger partial charge is 0.385 e. The van der Waals surface area contributed by atoms with Crippen molar-refractivity contribution in [2.24, 2.45) is 5.92 Å². The molecule has 0 N–H and O–H groups in total. The van der Waals surface area contributed by atoms with Crippen LogP contribution < -0.4 is 0 Å². The molecule has 56 valence electrons. The van der Waals surface area contributed by atoms with Crippen LogP contribution in [-0.4, -0.2) is 23.2 Å². The van der Waals surface area contributed by atoms with E-state index in [0.29, 0.717) is 0 Å². The number of hydrogen-bond acceptors (Lipinski definition) is 1. The Morgan fingerprint density at radius 3 is 2.56 bits per heavy atom. The van der Waals surface area contributed by atoms with Crippen LogP contribution in [0.25, 0.3) is 0 Å². The molecular weight excluding hydrogens is 128 g/mol. The first-order valence-electron chi connectivity index (χ1n) is 3.76. The lowest BCUT2D eigenvalue weighted by Gasteiger charge is -2.01. The smallest absolute Gasteiger partial charge is 0.0433 e. The average Bonchev–Trinajstić information content (AvgIpc) is 1.80. The van der Waals surface area contributed by atoms with Gasteiger partial charge in [-0.15, -0.1) is 0 Å². The Balaban J connectivity index is 2.75. The van der Waals surface area contributed by atoms with E-state index in [1.54, 1.807) is 7.11 Å². The summed E-state index contributed by atoms with van der Waals surface area (Å²) in [5.74, 6) is 0.911. The number of ether oxygens (including phenoxy) is 1. The lowest BCUT2D eigenvalue weighted by molar-refractivity contribution is 0.215. The van der Waals surface area contributed by atoms with Crippen LogP contribution >= 0.6 is 0 Å². The predicted molar refractivity (Wildman–Crippen MR) is 44.9 cm³/mol. The summed E-state index contributed by atoms with van der Waals surface area (Å²) in [5.41, 5.74) is 0. The van der Waals surface area contributed by atoms with Crippen molar-refractivity contribution in [3.63, 3.8) is 0 Å². The van der Waals surface area contributed by atoms with Gasteiger partial charge in [-0.3, -0.25) is 0 Å². The van der Waals surface area contributed by atoms with Crippen LogP contribution in [0.2, 0.25) is 12.1 Å². The quantitative estimate of drug-likeness (QED) is 0.419. The molecule has 0 aromatic rings. The third-order valence-electron chi connectivity index (χ3n) is 1.38. The molecule has 0 aliphatic rings. The molecule has 0 radical (unpaired) electrons. The molecule has 0 spiro atoms. The summed E-state index contributed by atoms with van der Waals surface area (Å²) in [7, 11) is 2.01. The Kier molecular flexibility index (Phi) is 6.42. The zero-order chi connectivity index (χ0) is 7.11. The van der Waals surface area contributed by atoms with Gasteiger partial charge in [0.15, 0.2) is 0 Å². The number of rotatable bonds is 5. The Labute approximate surface area is 60.6 Å². The SMILES string of the molecule is COCC[SiH2]CC(C)C. The van der Waals surface area contributed by atoms with Gasteiger partial charge in [0.05, 0.1) is 0 Å². The second-order valence-corrected chi connectivity index (χ2v) is 4.87. The van der Waals surface area contributed by atoms with Crippen molar-refractivity contribution in [1.82, 2.24) is 0 Å². The normalized spacial score (nSPS) is 12.0. The lowest BCUT2D eigenvalue weighted by Crippen LogP contribution is -1.99. The summed E-state index contributed by atoms with van der Waals surface area (Å²) in [6.45, 7) is 5.57. The van der Waals surface area contributed by atoms with E-state index in [4.69, 9.17) is 4.74 Å². The molecule has 0 saturated carbocycles. The van der Waals surface area contributed by atoms with E-state index < -0.39 is 0 Å². The van der Waals surface area contributed by atoms with E-state index in [9.17, 15) is 0 Å². The molecule has 0 fully saturated rings. The molecule has 0 aromatic heterocycles. The number of methoxy groups -OCH3 is 1. The molecule has 0 aromatic carbocycles. The minimum Gasteiger partial charge on any atom is -0.385 e. The van der Waals surface area contributed by atoms with Crippen LogP contribution in [0.5, 0.6) is 0 Å². The van der Waals surface area contributed by atoms with Crippen molar-refractivity contribution in [3.8, 4) is 0 Å². The summed E-state index contributed by atoms with van der Waals surface area (Å²) in [4.78, 5) is 0. The first kappa shape index (κ1) is 9.18. The zero-order valence-electron chi connectivity index (χ0n) is 6.81. The van der Waals surface area contributed by atoms with Crippen molar-refractivity contribution in [3.05, 3.63) is 0 Å². The fourth-order valence-electron chi connectivity index (χ4n) is 0.799. The van der Waals surface area contributed by atoms with Crippen LogP contribution in [0.3, 0.4) is 0 Å². The molecule has 0 rings (SSSR count). The summed E-state index contributed by atoms with van der Waals surface area (Å²) < 4.78 is 4.96. The fourth-order valence-corrected chi connectivity index (χ4v) is 2.40. The van der Waals surface area contributed by atoms with E-state index in [1.807, 2.05) is 0 Å². The van der Waals surface area contributed by atoms with Crippen molar-refractivity contribution in [2.75, 3.05) is 13.7 Å². The van der Waals surface area contributed by atoms with E-state index in [2.05, 4.69) is 13.8 Å². The molecule has 0 bridgehead atoms. The second-order valence-electron chi connectivity index (χ2n) is 2.88. The molecule has 0 heterocycles. The summed E-state index contributed by atoms with van der Waals surface area (Å²) in [6, 6.07) is 2.83. The van der Waals surface area contributed by atoms with Crippen LogP contribution in [0.15, 0.2) is 0 Å². The van der Waals surface area contributed by atoms with Crippen LogP contribution in [0, 0.1) is 5.92 Å². The maximum absolute atomic E-state index is 4.96. The van der Waals surface area contributed by atoms with Gasteiger partial charge in [-0.25, -0.2) is 0 Å². The fraction of sp³-hybridized carbons (Fsp3) is 1.00. The number of hydrogen-bond donors (Lipinski definition) is 0. The Hall–Kier alpha value is 0.177. The maximum Gasteiger partial charge on any atom is 0.0433 e. The topological polar surface area (TPSA) is 9.23 Å². The Morgan fingerprint density at radius 1 is 1.44 bits per heavy atom. The monoisotopic (exact) mass is 146 g/mol. The first-order valence-corrected chi connectivity index (χ1v) is 5.76. The highest BCUT2D eigenvalue weighted by Crippen LogP contribution is 1.99. The molecule has 2 heteroatoms. The van der Waals surface area contributed by atoms with Gasteiger partial charge < -0.3 is 4.74 Å². The predicted octanol–water partition coefficient (Wildman–Crippen LogP) is 1.29. The Bertz CT molecular complexity index is 54.9. The summed E-state index contributed by atoms with van der Waals surface area (Å²) in [5, 5.41) is 0. The highest BCUT2D eigenvalue weighted by Gasteiger charge is 1.92. The maximum atomic E-state index is 4.96. The van der Waals surface area contributed by atoms with Crippen LogP contribution in [0.4, 0.5) is 0 Å². The van der Waals surface area contributed by atoms with Crippen molar-refractivity contribution in [2.45, 2.75) is 25.9 Å². The highest BCUT2D eigenvalue weighted by atomic mass is 28.2. The average molecular weight is 146 g/mol. The van der Waals surface area contributed by atoms with Gasteiger partial charge in [0, 0.05) is 23.2 Å². The molecule has 0 atom stereocenters. The van der Waals surface area contributed by atoms with Gasteiger partial charge in [-0.1, -0.05) is 19.9 Å². The van der Waals surface area contributed by atoms with Gasteiger partial charge in [-0.05, 0) is 12.0 Å². The van der Waals surface area contributed by atoms with E-state index in [1.165, 1.54) is 12.1 Å². The molecule has 0 amide bonds. The van der Waals surface area contributed by atoms with Gasteiger partial charge in [-0.2, -0.15) is 0 Å². The van der Waals surface area contributed by atoms with E-state index in [-0.39, 0.29) is 9.52 Å². The second kappa shape index (κ2) is 6.30. The van der Waals surface area contributed by atoms with Gasteiger partial charge in [0.25, 0.3) is 0 Å². The Morgan fingerprint density at radius 2 is 2.11 bits per heavy atom. The van der Waals surface area contributed by atoms with Crippen molar-refractivity contribution in [1.29, 1.82) is 0 Å². The molecular formula is C7H18OSi. The first-order chi connectivity index (χ1) is 4.27. The molecule has 0 saturated heterocycles. The third kappa shape index (κ3) is 8.18. The van der Waals surface area contributed by atoms with Crippen LogP contribution in [0.1, 0.15) is 13.8 Å². The van der Waals surface area contributed by atoms with Gasteiger partial charge in [0.1, 0.15) is 0 Å². The van der Waals surface area contributed by atoms with E-state index in [0.717, 1.165) is 12.5 Å². The molecule has 0 aliphatic heterocycles. The molecule has 9 heavy (non-hydrogen) atoms. The molecule has 1 nitrogen and oxygen atoms in total. The molecule has 0 aliphatic carbocycles. The highest BCUT2D eigenvalue weighted by molar-refractivity contribution is 6.35. The summed E-state index contributed by atoms with van der Waals surface area (Å²) >= 11 is 0. The van der Waals surface area contributed by atoms with Gasteiger partial charge >= 0.3 is 0 Å². The van der Waals surface area contributed by atoms with Gasteiger partial charge in [0.2, 0.25) is 0 Å². The minimum absolute atomic E-state index is 0.228. The molecule has 0 unspecified atom stereocenters. The minimum atomic E-state index is 0.228. The van der Waals surface area contributed by atoms with Crippen molar-refractivity contribution >= 4 is 9.52 Å². The van der Waals surface area contributed by atoms with Crippen LogP contribution in [-0.2, 0) is 4.74 Å². The standard InChI is InChI=1S/C7H18OSi/c1-7(2)6-9-5-4-8-3/h7H,4-6,9H2,1-3H3. The zero-order valence-corrected chi connectivity index (χ0v) is 8.23. The van der Waals surface area contributed by atoms with E-state index >= 15 is 0 Å². The lowest BCUT2D eigenvalue weighted by atomic mass is 10.3. The third-order valence-corrected chi connectivity index (χ3v) is 3.73.